The third kappa shape index (κ3) is 9.70. The second-order valence-electron chi connectivity index (χ2n) is 13.0. The van der Waals surface area contributed by atoms with Crippen LogP contribution in [-0.2, 0) is 34.8 Å². The summed E-state index contributed by atoms with van der Waals surface area (Å²) in [5.74, 6) is 0.683. The number of hydrogen-bond donors (Lipinski definition) is 3. The number of anilines is 1. The van der Waals surface area contributed by atoms with E-state index in [2.05, 4.69) is 15.0 Å². The highest BCUT2D eigenvalue weighted by atomic mass is 32.2. The predicted octanol–water partition coefficient (Wildman–Crippen LogP) is 4.89. The van der Waals surface area contributed by atoms with Crippen LogP contribution in [0.25, 0.3) is 11.2 Å². The lowest BCUT2D eigenvalue weighted by Crippen LogP contribution is -2.48. The zero-order valence-electron chi connectivity index (χ0n) is 27.2. The van der Waals surface area contributed by atoms with Gasteiger partial charge in [-0.25, -0.2) is 19.6 Å². The van der Waals surface area contributed by atoms with Gasteiger partial charge in [0.25, 0.3) is 0 Å². The fourth-order valence-corrected chi connectivity index (χ4v) is 5.91. The summed E-state index contributed by atoms with van der Waals surface area (Å²) in [6.07, 6.45) is -0.206. The van der Waals surface area contributed by atoms with Crippen molar-refractivity contribution in [2.75, 3.05) is 26.1 Å². The molecule has 16 nitrogen and oxygen atoms in total. The molecule has 1 aromatic carbocycles. The van der Waals surface area contributed by atoms with E-state index in [0.29, 0.717) is 34.8 Å². The lowest BCUT2D eigenvalue weighted by atomic mass is 10.2. The number of fused-ring (bicyclic) bond motifs is 1. The Kier molecular flexibility index (Phi) is 10.4. The maximum atomic E-state index is 13.1. The molecule has 1 fully saturated rings. The van der Waals surface area contributed by atoms with E-state index in [0.717, 1.165) is 4.90 Å². The van der Waals surface area contributed by atoms with Crippen molar-refractivity contribution in [2.45, 2.75) is 93.0 Å². The SMILES string of the molecule is COc1ccc(Sc2nc(N)nc3c2ncn3CC2(OC(COC(=O)OC(C)(C)C)(COC(=O)OC(C)(C)C)P(=O)(O)O)CC2)cc1. The van der Waals surface area contributed by atoms with Crippen LogP contribution in [0.3, 0.4) is 0 Å². The molecule has 0 amide bonds. The smallest absolute Gasteiger partial charge is 0.497 e. The van der Waals surface area contributed by atoms with Gasteiger partial charge in [0.05, 0.1) is 25.6 Å². The Morgan fingerprint density at radius 3 is 2.00 bits per heavy atom. The lowest BCUT2D eigenvalue weighted by molar-refractivity contribution is -0.136. The summed E-state index contributed by atoms with van der Waals surface area (Å²) in [5.41, 5.74) is 3.76. The van der Waals surface area contributed by atoms with Gasteiger partial charge in [0, 0.05) is 4.90 Å². The van der Waals surface area contributed by atoms with E-state index in [9.17, 15) is 23.9 Å². The molecule has 0 atom stereocenters. The quantitative estimate of drug-likeness (QED) is 0.130. The summed E-state index contributed by atoms with van der Waals surface area (Å²) < 4.78 is 46.7. The van der Waals surface area contributed by atoms with Crippen molar-refractivity contribution in [3.63, 3.8) is 0 Å². The Morgan fingerprint density at radius 2 is 1.53 bits per heavy atom. The summed E-state index contributed by atoms with van der Waals surface area (Å²) in [6.45, 7) is 7.59. The van der Waals surface area contributed by atoms with Crippen LogP contribution in [0, 0.1) is 0 Å². The number of benzene rings is 1. The van der Waals surface area contributed by atoms with Gasteiger partial charge in [0.1, 0.15) is 40.7 Å². The highest BCUT2D eigenvalue weighted by molar-refractivity contribution is 7.99. The number of nitrogens with zero attached hydrogens (tertiary/aromatic N) is 4. The van der Waals surface area contributed by atoms with Crippen LogP contribution in [0.4, 0.5) is 15.5 Å². The molecule has 0 unspecified atom stereocenters. The van der Waals surface area contributed by atoms with E-state index in [1.54, 1.807) is 53.2 Å². The minimum atomic E-state index is -5.35. The molecular formula is C29H40N5O11PS. The lowest BCUT2D eigenvalue weighted by Gasteiger charge is -2.36. The summed E-state index contributed by atoms with van der Waals surface area (Å²) in [6, 6.07) is 7.34. The van der Waals surface area contributed by atoms with Gasteiger partial charge in [0.15, 0.2) is 5.65 Å². The van der Waals surface area contributed by atoms with E-state index in [-0.39, 0.29) is 12.5 Å². The Labute approximate surface area is 275 Å². The molecule has 3 aromatic rings. The summed E-state index contributed by atoms with van der Waals surface area (Å²) in [4.78, 5) is 60.1. The number of hydrogen-bond acceptors (Lipinski definition) is 14. The first-order chi connectivity index (χ1) is 21.7. The fraction of sp³-hybridized carbons (Fsp3) is 0.552. The van der Waals surface area contributed by atoms with Gasteiger partial charge >= 0.3 is 19.9 Å². The molecule has 47 heavy (non-hydrogen) atoms. The monoisotopic (exact) mass is 697 g/mol. The van der Waals surface area contributed by atoms with Crippen molar-refractivity contribution in [1.29, 1.82) is 0 Å². The second kappa shape index (κ2) is 13.5. The highest BCUT2D eigenvalue weighted by Crippen LogP contribution is 2.57. The van der Waals surface area contributed by atoms with E-state index in [1.807, 2.05) is 24.3 Å². The maximum absolute atomic E-state index is 13.1. The first-order valence-electron chi connectivity index (χ1n) is 14.5. The number of nitrogen functional groups attached to an aromatic ring is 1. The van der Waals surface area contributed by atoms with Crippen molar-refractivity contribution < 1.29 is 52.4 Å². The molecule has 0 radical (unpaired) electrons. The molecule has 258 valence electrons. The van der Waals surface area contributed by atoms with Gasteiger partial charge in [-0.05, 0) is 78.6 Å². The molecular weight excluding hydrogens is 657 g/mol. The van der Waals surface area contributed by atoms with E-state index in [4.69, 9.17) is 34.2 Å². The Bertz CT molecular complexity index is 1610. The number of carbonyl (C=O) groups excluding carboxylic acids is 2. The van der Waals surface area contributed by atoms with Crippen LogP contribution in [0.15, 0.2) is 40.5 Å². The molecule has 0 saturated heterocycles. The molecule has 0 spiro atoms. The van der Waals surface area contributed by atoms with Gasteiger partial charge in [-0.2, -0.15) is 4.98 Å². The average Bonchev–Trinajstić information content (AvgIpc) is 3.58. The topological polar surface area (TPSA) is 217 Å². The number of imidazole rings is 1. The number of aromatic nitrogens is 4. The molecule has 4 rings (SSSR count). The normalized spacial score (nSPS) is 14.8. The van der Waals surface area contributed by atoms with Crippen LogP contribution >= 0.6 is 19.4 Å². The largest absolute Gasteiger partial charge is 0.508 e. The molecule has 4 N–H and O–H groups in total. The molecule has 1 saturated carbocycles. The number of methoxy groups -OCH3 is 1. The first-order valence-corrected chi connectivity index (χ1v) is 16.9. The second-order valence-corrected chi connectivity index (χ2v) is 16.0. The van der Waals surface area contributed by atoms with Crippen molar-refractivity contribution in [2.24, 2.45) is 0 Å². The summed E-state index contributed by atoms with van der Waals surface area (Å²) in [7, 11) is -3.77. The average molecular weight is 698 g/mol. The molecule has 0 aliphatic heterocycles. The zero-order valence-corrected chi connectivity index (χ0v) is 28.9. The zero-order chi connectivity index (χ0) is 34.8. The van der Waals surface area contributed by atoms with Crippen molar-refractivity contribution in [1.82, 2.24) is 19.5 Å². The Morgan fingerprint density at radius 1 is 0.979 bits per heavy atom. The third-order valence-electron chi connectivity index (χ3n) is 6.54. The minimum Gasteiger partial charge on any atom is -0.497 e. The molecule has 2 heterocycles. The summed E-state index contributed by atoms with van der Waals surface area (Å²) in [5, 5.41) is -2.12. The number of nitrogens with two attached hydrogens (primary N) is 1. The van der Waals surface area contributed by atoms with E-state index in [1.165, 1.54) is 18.1 Å². The van der Waals surface area contributed by atoms with Crippen LogP contribution in [0.2, 0.25) is 0 Å². The van der Waals surface area contributed by atoms with Crippen molar-refractivity contribution >= 4 is 48.8 Å². The fourth-order valence-electron chi connectivity index (χ4n) is 4.25. The van der Waals surface area contributed by atoms with Crippen LogP contribution in [0.1, 0.15) is 54.4 Å². The van der Waals surface area contributed by atoms with Crippen molar-refractivity contribution in [3.05, 3.63) is 30.6 Å². The Balaban J connectivity index is 1.63. The number of ether oxygens (including phenoxy) is 6. The Hall–Kier alpha value is -3.63. The molecule has 1 aliphatic rings. The highest BCUT2D eigenvalue weighted by Gasteiger charge is 2.60. The van der Waals surface area contributed by atoms with E-state index >= 15 is 0 Å². The minimum absolute atomic E-state index is 0.0119. The molecule has 1 aliphatic carbocycles. The van der Waals surface area contributed by atoms with Crippen molar-refractivity contribution in [3.8, 4) is 5.75 Å². The van der Waals surface area contributed by atoms with Gasteiger partial charge < -0.3 is 48.5 Å². The third-order valence-corrected chi connectivity index (χ3v) is 8.93. The van der Waals surface area contributed by atoms with Gasteiger partial charge in [-0.15, -0.1) is 0 Å². The van der Waals surface area contributed by atoms with Crippen LogP contribution in [-0.4, -0.2) is 84.1 Å². The standard InChI is InChI=1S/C29H40N5O11PS/c1-26(2,3)43-24(35)41-15-29(46(37,38)39,16-42-25(36)44-27(4,5)6)45-28(12-13-28)14-34-17-31-20-21(34)32-23(30)33-22(20)47-19-10-8-18(40-7)9-11-19/h8-11,17H,12-16H2,1-7H3,(H2,30,32,33)(H2,37,38,39). The molecule has 18 heteroatoms. The summed E-state index contributed by atoms with van der Waals surface area (Å²) >= 11 is 1.32. The van der Waals surface area contributed by atoms with Gasteiger partial charge in [-0.1, -0.05) is 11.8 Å². The number of rotatable bonds is 12. The van der Waals surface area contributed by atoms with Gasteiger partial charge in [-0.3, -0.25) is 4.57 Å². The number of carbonyl (C=O) groups is 2. The van der Waals surface area contributed by atoms with E-state index < -0.39 is 55.3 Å². The maximum Gasteiger partial charge on any atom is 0.508 e. The van der Waals surface area contributed by atoms with Gasteiger partial charge in [0.2, 0.25) is 11.3 Å². The van der Waals surface area contributed by atoms with Crippen LogP contribution in [0.5, 0.6) is 5.75 Å². The first kappa shape index (κ1) is 36.2. The predicted molar refractivity (Wildman–Crippen MR) is 169 cm³/mol. The molecule has 0 bridgehead atoms. The molecule has 2 aromatic heterocycles. The van der Waals surface area contributed by atoms with Crippen LogP contribution < -0.4 is 10.5 Å².